The fourth-order valence-corrected chi connectivity index (χ4v) is 4.73. The Kier molecular flexibility index (Phi) is 4.81. The molecule has 0 spiro atoms. The Morgan fingerprint density at radius 2 is 2.21 bits per heavy atom. The van der Waals surface area contributed by atoms with Gasteiger partial charge in [-0.3, -0.25) is 4.99 Å². The van der Waals surface area contributed by atoms with Crippen LogP contribution in [0, 0.1) is 0 Å². The predicted octanol–water partition coefficient (Wildman–Crippen LogP) is 4.42. The molecular formula is C19H25N3OS. The molecule has 0 amide bonds. The molecule has 128 valence electrons. The van der Waals surface area contributed by atoms with Gasteiger partial charge < -0.3 is 15.0 Å². The summed E-state index contributed by atoms with van der Waals surface area (Å²) in [6, 6.07) is 9.75. The first-order valence-corrected chi connectivity index (χ1v) is 9.90. The number of hydrogen-bond donors (Lipinski definition) is 2. The maximum atomic E-state index is 5.18. The summed E-state index contributed by atoms with van der Waals surface area (Å²) in [5.41, 5.74) is 3.59. The van der Waals surface area contributed by atoms with E-state index >= 15 is 0 Å². The van der Waals surface area contributed by atoms with Crippen LogP contribution in [-0.4, -0.2) is 41.6 Å². The lowest BCUT2D eigenvalue weighted by Gasteiger charge is -2.14. The first-order valence-electron chi connectivity index (χ1n) is 8.91. The third kappa shape index (κ3) is 3.33. The van der Waals surface area contributed by atoms with Crippen LogP contribution in [0.25, 0.3) is 10.9 Å². The average molecular weight is 343 g/mol. The van der Waals surface area contributed by atoms with Crippen molar-refractivity contribution >= 4 is 33.4 Å². The van der Waals surface area contributed by atoms with Crippen LogP contribution in [0.5, 0.6) is 0 Å². The summed E-state index contributed by atoms with van der Waals surface area (Å²) in [6.07, 6.45) is 6.27. The molecule has 1 fully saturated rings. The molecule has 4 nitrogen and oxygen atoms in total. The van der Waals surface area contributed by atoms with Gasteiger partial charge in [0.2, 0.25) is 0 Å². The van der Waals surface area contributed by atoms with Crippen molar-refractivity contribution in [3.8, 4) is 0 Å². The molecule has 0 radical (unpaired) electrons. The third-order valence-corrected chi connectivity index (χ3v) is 6.12. The second kappa shape index (κ2) is 7.19. The van der Waals surface area contributed by atoms with E-state index in [9.17, 15) is 0 Å². The maximum Gasteiger partial charge on any atom is 0.114 e. The van der Waals surface area contributed by atoms with Crippen molar-refractivity contribution in [2.24, 2.45) is 4.99 Å². The molecule has 2 aromatic rings. The van der Waals surface area contributed by atoms with Crippen molar-refractivity contribution in [2.45, 2.75) is 44.2 Å². The highest BCUT2D eigenvalue weighted by Crippen LogP contribution is 2.31. The topological polar surface area (TPSA) is 49.4 Å². The SMILES string of the molecule is COCC[C@@H]1CSC(c2cc3cccc(NC4CCCC4)c3[nH]2)=N1. The van der Waals surface area contributed by atoms with Gasteiger partial charge >= 0.3 is 0 Å². The molecule has 0 saturated heterocycles. The number of thioether (sulfide) groups is 1. The number of aliphatic imine (C=N–C) groups is 1. The summed E-state index contributed by atoms with van der Waals surface area (Å²) < 4.78 is 5.18. The summed E-state index contributed by atoms with van der Waals surface area (Å²) in [6.45, 7) is 0.782. The zero-order valence-corrected chi connectivity index (χ0v) is 15.0. The highest BCUT2D eigenvalue weighted by Gasteiger charge is 2.21. The molecule has 1 atom stereocenters. The number of rotatable bonds is 6. The number of aromatic nitrogens is 1. The van der Waals surface area contributed by atoms with Gasteiger partial charge in [-0.2, -0.15) is 0 Å². The van der Waals surface area contributed by atoms with Crippen LogP contribution < -0.4 is 5.32 Å². The molecule has 5 heteroatoms. The van der Waals surface area contributed by atoms with E-state index in [1.54, 1.807) is 7.11 Å². The molecule has 2 aliphatic rings. The van der Waals surface area contributed by atoms with E-state index in [4.69, 9.17) is 9.73 Å². The molecule has 24 heavy (non-hydrogen) atoms. The number of ether oxygens (including phenoxy) is 1. The lowest BCUT2D eigenvalue weighted by Crippen LogP contribution is -2.14. The maximum absolute atomic E-state index is 5.18. The number of aromatic amines is 1. The lowest BCUT2D eigenvalue weighted by atomic mass is 10.2. The standard InChI is InChI=1S/C19H25N3OS/c1-23-10-9-15-12-24-19(21-15)17-11-13-5-4-8-16(18(13)22-17)20-14-6-2-3-7-14/h4-5,8,11,14-15,20,22H,2-3,6-7,9-10,12H2,1H3/t15-/m1/s1. The Morgan fingerprint density at radius 1 is 1.33 bits per heavy atom. The van der Waals surface area contributed by atoms with Gasteiger partial charge in [-0.15, -0.1) is 11.8 Å². The minimum absolute atomic E-state index is 0.382. The minimum Gasteiger partial charge on any atom is -0.385 e. The fourth-order valence-electron chi connectivity index (χ4n) is 3.65. The summed E-state index contributed by atoms with van der Waals surface area (Å²) in [5.74, 6) is 1.06. The third-order valence-electron chi connectivity index (χ3n) is 4.97. The summed E-state index contributed by atoms with van der Waals surface area (Å²) in [5, 5.41) is 6.13. The van der Waals surface area contributed by atoms with E-state index in [0.717, 1.165) is 29.5 Å². The summed E-state index contributed by atoms with van der Waals surface area (Å²) >= 11 is 1.85. The fraction of sp³-hybridized carbons (Fsp3) is 0.526. The van der Waals surface area contributed by atoms with Crippen LogP contribution in [0.3, 0.4) is 0 Å². The largest absolute Gasteiger partial charge is 0.385 e. The number of para-hydroxylation sites is 1. The highest BCUT2D eigenvalue weighted by molar-refractivity contribution is 8.14. The van der Waals surface area contributed by atoms with E-state index in [1.807, 2.05) is 11.8 Å². The molecule has 1 aliphatic heterocycles. The Balaban J connectivity index is 1.57. The molecule has 0 unspecified atom stereocenters. The Hall–Kier alpha value is -1.46. The zero-order valence-electron chi connectivity index (χ0n) is 14.2. The van der Waals surface area contributed by atoms with Gasteiger partial charge in [-0.1, -0.05) is 25.0 Å². The number of hydrogen-bond acceptors (Lipinski definition) is 4. The van der Waals surface area contributed by atoms with E-state index in [-0.39, 0.29) is 0 Å². The van der Waals surface area contributed by atoms with E-state index in [2.05, 4.69) is 34.6 Å². The second-order valence-electron chi connectivity index (χ2n) is 6.76. The van der Waals surface area contributed by atoms with Gasteiger partial charge in [-0.05, 0) is 31.4 Å². The van der Waals surface area contributed by atoms with E-state index in [1.165, 1.54) is 42.3 Å². The zero-order chi connectivity index (χ0) is 16.4. The van der Waals surface area contributed by atoms with E-state index < -0.39 is 0 Å². The van der Waals surface area contributed by atoms with Crippen molar-refractivity contribution in [3.63, 3.8) is 0 Å². The first kappa shape index (κ1) is 16.0. The van der Waals surface area contributed by atoms with Gasteiger partial charge in [0.05, 0.1) is 22.9 Å². The number of anilines is 1. The Morgan fingerprint density at radius 3 is 3.04 bits per heavy atom. The number of nitrogens with zero attached hydrogens (tertiary/aromatic N) is 1. The highest BCUT2D eigenvalue weighted by atomic mass is 32.2. The molecule has 1 saturated carbocycles. The Labute approximate surface area is 147 Å². The van der Waals surface area contributed by atoms with Crippen molar-refractivity contribution in [1.29, 1.82) is 0 Å². The smallest absolute Gasteiger partial charge is 0.114 e. The number of H-pyrrole nitrogens is 1. The van der Waals surface area contributed by atoms with Crippen LogP contribution in [0.2, 0.25) is 0 Å². The van der Waals surface area contributed by atoms with Gasteiger partial charge in [0.1, 0.15) is 5.04 Å². The molecule has 2 heterocycles. The number of fused-ring (bicyclic) bond motifs is 1. The van der Waals surface area contributed by atoms with Gasteiger partial charge in [0.15, 0.2) is 0 Å². The molecule has 2 N–H and O–H groups in total. The normalized spacial score (nSPS) is 21.5. The van der Waals surface area contributed by atoms with Crippen LogP contribution in [0.15, 0.2) is 29.3 Å². The van der Waals surface area contributed by atoms with Gasteiger partial charge in [0, 0.05) is 30.9 Å². The Bertz CT molecular complexity index is 733. The number of benzene rings is 1. The quantitative estimate of drug-likeness (QED) is 0.816. The monoisotopic (exact) mass is 343 g/mol. The first-order chi connectivity index (χ1) is 11.8. The van der Waals surface area contributed by atoms with Crippen molar-refractivity contribution in [3.05, 3.63) is 30.0 Å². The summed E-state index contributed by atoms with van der Waals surface area (Å²) in [4.78, 5) is 8.48. The van der Waals surface area contributed by atoms with E-state index in [0.29, 0.717) is 12.1 Å². The molecule has 1 aromatic heterocycles. The number of methoxy groups -OCH3 is 1. The van der Waals surface area contributed by atoms with Crippen molar-refractivity contribution < 1.29 is 4.74 Å². The van der Waals surface area contributed by atoms with Crippen LogP contribution in [0.1, 0.15) is 37.8 Å². The molecular weight excluding hydrogens is 318 g/mol. The van der Waals surface area contributed by atoms with Crippen molar-refractivity contribution in [2.75, 3.05) is 24.8 Å². The van der Waals surface area contributed by atoms with Crippen LogP contribution in [0.4, 0.5) is 5.69 Å². The average Bonchev–Trinajstić information content (AvgIpc) is 3.33. The van der Waals surface area contributed by atoms with Crippen LogP contribution in [-0.2, 0) is 4.74 Å². The number of nitrogens with one attached hydrogen (secondary N) is 2. The second-order valence-corrected chi connectivity index (χ2v) is 7.77. The van der Waals surface area contributed by atoms with Crippen molar-refractivity contribution in [1.82, 2.24) is 4.98 Å². The lowest BCUT2D eigenvalue weighted by molar-refractivity contribution is 0.190. The van der Waals surface area contributed by atoms with Gasteiger partial charge in [-0.25, -0.2) is 0 Å². The molecule has 1 aliphatic carbocycles. The predicted molar refractivity (Wildman–Crippen MR) is 103 cm³/mol. The molecule has 4 rings (SSSR count). The van der Waals surface area contributed by atoms with Gasteiger partial charge in [0.25, 0.3) is 0 Å². The molecule has 1 aromatic carbocycles. The van der Waals surface area contributed by atoms with Crippen LogP contribution >= 0.6 is 11.8 Å². The molecule has 0 bridgehead atoms. The minimum atomic E-state index is 0.382. The summed E-state index contributed by atoms with van der Waals surface area (Å²) in [7, 11) is 1.75.